The normalized spacial score (nSPS) is 24.8. The van der Waals surface area contributed by atoms with Gasteiger partial charge in [0.25, 0.3) is 0 Å². The predicted molar refractivity (Wildman–Crippen MR) is 79.5 cm³/mol. The molecule has 0 radical (unpaired) electrons. The summed E-state index contributed by atoms with van der Waals surface area (Å²) in [5.74, 6) is 0. The molecule has 1 fully saturated rings. The Hall–Kier alpha value is -0.240. The summed E-state index contributed by atoms with van der Waals surface area (Å²) >= 11 is 12.7. The monoisotopic (exact) mass is 285 g/mol. The van der Waals surface area contributed by atoms with E-state index in [1.54, 1.807) is 0 Å². The Morgan fingerprint density at radius 3 is 2.78 bits per heavy atom. The van der Waals surface area contributed by atoms with Crippen LogP contribution in [0.25, 0.3) is 0 Å². The fraction of sp³-hybridized carbons (Fsp3) is 0.600. The van der Waals surface area contributed by atoms with Crippen LogP contribution in [0.3, 0.4) is 0 Å². The van der Waals surface area contributed by atoms with Gasteiger partial charge in [-0.15, -0.1) is 11.6 Å². The van der Waals surface area contributed by atoms with E-state index in [0.29, 0.717) is 6.04 Å². The zero-order chi connectivity index (χ0) is 13.0. The van der Waals surface area contributed by atoms with Gasteiger partial charge in [0.2, 0.25) is 0 Å². The lowest BCUT2D eigenvalue weighted by molar-refractivity contribution is 0.465. The molecule has 0 saturated heterocycles. The van der Waals surface area contributed by atoms with E-state index in [2.05, 4.69) is 24.4 Å². The number of rotatable bonds is 3. The first-order valence-electron chi connectivity index (χ1n) is 6.79. The molecule has 1 saturated carbocycles. The molecule has 1 aliphatic rings. The van der Waals surface area contributed by atoms with Gasteiger partial charge in [-0.2, -0.15) is 0 Å². The summed E-state index contributed by atoms with van der Waals surface area (Å²) in [6, 6.07) is 6.65. The highest BCUT2D eigenvalue weighted by Crippen LogP contribution is 2.23. The fourth-order valence-corrected chi connectivity index (χ4v) is 3.20. The van der Waals surface area contributed by atoms with Gasteiger partial charge in [-0.05, 0) is 37.0 Å². The molecule has 1 aliphatic carbocycles. The third-order valence-electron chi connectivity index (χ3n) is 3.69. The molecule has 0 bridgehead atoms. The Labute approximate surface area is 120 Å². The third-order valence-corrected chi connectivity index (χ3v) is 4.57. The molecule has 3 heteroatoms. The van der Waals surface area contributed by atoms with Gasteiger partial charge in [0, 0.05) is 23.0 Å². The summed E-state index contributed by atoms with van der Waals surface area (Å²) in [4.78, 5) is 0. The molecule has 0 aliphatic heterocycles. The van der Waals surface area contributed by atoms with E-state index >= 15 is 0 Å². The van der Waals surface area contributed by atoms with Gasteiger partial charge >= 0.3 is 0 Å². The summed E-state index contributed by atoms with van der Waals surface area (Å²) < 4.78 is 0. The molecule has 1 aromatic carbocycles. The highest BCUT2D eigenvalue weighted by Gasteiger charge is 2.21. The smallest absolute Gasteiger partial charge is 0.0489 e. The average Bonchev–Trinajstić information content (AvgIpc) is 2.53. The Kier molecular flexibility index (Phi) is 5.35. The molecular weight excluding hydrogens is 265 g/mol. The van der Waals surface area contributed by atoms with E-state index in [0.717, 1.165) is 23.6 Å². The fourth-order valence-electron chi connectivity index (χ4n) is 2.53. The Morgan fingerprint density at radius 2 is 2.00 bits per heavy atom. The van der Waals surface area contributed by atoms with Crippen LogP contribution in [0.5, 0.6) is 0 Å². The molecule has 1 N–H and O–H groups in total. The van der Waals surface area contributed by atoms with Crippen molar-refractivity contribution >= 4 is 23.2 Å². The van der Waals surface area contributed by atoms with E-state index in [1.165, 1.54) is 31.2 Å². The molecule has 18 heavy (non-hydrogen) atoms. The molecule has 100 valence electrons. The van der Waals surface area contributed by atoms with Gasteiger partial charge in [-0.3, -0.25) is 0 Å². The molecule has 0 heterocycles. The molecule has 0 spiro atoms. The van der Waals surface area contributed by atoms with E-state index in [1.807, 2.05) is 6.07 Å². The Morgan fingerprint density at radius 1 is 1.22 bits per heavy atom. The van der Waals surface area contributed by atoms with Gasteiger partial charge in [0.05, 0.1) is 0 Å². The summed E-state index contributed by atoms with van der Waals surface area (Å²) in [5.41, 5.74) is 2.36. The SMILES string of the molecule is Cc1ccc(CNC2CCCCCC2Cl)c(Cl)c1. The number of hydrogen-bond donors (Lipinski definition) is 1. The lowest BCUT2D eigenvalue weighted by Gasteiger charge is -2.21. The van der Waals surface area contributed by atoms with Crippen LogP contribution in [-0.2, 0) is 6.54 Å². The first-order valence-corrected chi connectivity index (χ1v) is 7.61. The van der Waals surface area contributed by atoms with Crippen molar-refractivity contribution in [2.24, 2.45) is 0 Å². The number of aryl methyl sites for hydroxylation is 1. The molecular formula is C15H21Cl2N. The number of nitrogens with one attached hydrogen (secondary N) is 1. The minimum absolute atomic E-state index is 0.261. The van der Waals surface area contributed by atoms with Crippen molar-refractivity contribution in [2.75, 3.05) is 0 Å². The Balaban J connectivity index is 1.93. The van der Waals surface area contributed by atoms with Crippen molar-refractivity contribution in [1.82, 2.24) is 5.32 Å². The second-order valence-electron chi connectivity index (χ2n) is 5.24. The maximum absolute atomic E-state index is 6.42. The molecule has 1 aromatic rings. The first-order chi connectivity index (χ1) is 8.66. The lowest BCUT2D eigenvalue weighted by Crippen LogP contribution is -2.35. The third kappa shape index (κ3) is 3.88. The Bertz CT molecular complexity index is 392. The van der Waals surface area contributed by atoms with E-state index in [4.69, 9.17) is 23.2 Å². The van der Waals surface area contributed by atoms with Crippen molar-refractivity contribution < 1.29 is 0 Å². The molecule has 1 nitrogen and oxygen atoms in total. The van der Waals surface area contributed by atoms with Crippen molar-refractivity contribution in [3.63, 3.8) is 0 Å². The summed E-state index contributed by atoms with van der Waals surface area (Å²) in [7, 11) is 0. The van der Waals surface area contributed by atoms with Crippen LogP contribution >= 0.6 is 23.2 Å². The second-order valence-corrected chi connectivity index (χ2v) is 6.20. The average molecular weight is 286 g/mol. The highest BCUT2D eigenvalue weighted by atomic mass is 35.5. The second kappa shape index (κ2) is 6.79. The highest BCUT2D eigenvalue weighted by molar-refractivity contribution is 6.31. The molecule has 0 aromatic heterocycles. The number of alkyl halides is 1. The van der Waals surface area contributed by atoms with Gasteiger partial charge < -0.3 is 5.32 Å². The van der Waals surface area contributed by atoms with Crippen LogP contribution < -0.4 is 5.32 Å². The summed E-state index contributed by atoms with van der Waals surface area (Å²) in [6.45, 7) is 2.87. The number of benzene rings is 1. The molecule has 2 unspecified atom stereocenters. The minimum atomic E-state index is 0.261. The zero-order valence-electron chi connectivity index (χ0n) is 10.9. The lowest BCUT2D eigenvalue weighted by atomic mass is 10.1. The largest absolute Gasteiger partial charge is 0.308 e. The van der Waals surface area contributed by atoms with Crippen LogP contribution in [0, 0.1) is 6.92 Å². The quantitative estimate of drug-likeness (QED) is 0.628. The standard InChI is InChI=1S/C15H21Cl2N/c1-11-7-8-12(14(17)9-11)10-18-15-6-4-2-3-5-13(15)16/h7-9,13,15,18H,2-6,10H2,1H3. The van der Waals surface area contributed by atoms with Crippen molar-refractivity contribution in [2.45, 2.75) is 57.0 Å². The van der Waals surface area contributed by atoms with Crippen molar-refractivity contribution in [3.05, 3.63) is 34.3 Å². The zero-order valence-corrected chi connectivity index (χ0v) is 12.4. The van der Waals surface area contributed by atoms with Crippen LogP contribution in [0.15, 0.2) is 18.2 Å². The van der Waals surface area contributed by atoms with Crippen molar-refractivity contribution in [3.8, 4) is 0 Å². The van der Waals surface area contributed by atoms with E-state index < -0.39 is 0 Å². The number of hydrogen-bond acceptors (Lipinski definition) is 1. The van der Waals surface area contributed by atoms with Gasteiger partial charge in [-0.1, -0.05) is 43.0 Å². The predicted octanol–water partition coefficient (Wildman–Crippen LogP) is 4.68. The minimum Gasteiger partial charge on any atom is -0.308 e. The van der Waals surface area contributed by atoms with Gasteiger partial charge in [0.15, 0.2) is 0 Å². The molecule has 2 rings (SSSR count). The van der Waals surface area contributed by atoms with Gasteiger partial charge in [0.1, 0.15) is 0 Å². The van der Waals surface area contributed by atoms with Crippen LogP contribution in [0.4, 0.5) is 0 Å². The summed E-state index contributed by atoms with van der Waals surface area (Å²) in [6.07, 6.45) is 6.16. The maximum Gasteiger partial charge on any atom is 0.0489 e. The van der Waals surface area contributed by atoms with Crippen LogP contribution in [-0.4, -0.2) is 11.4 Å². The number of halogens is 2. The molecule has 2 atom stereocenters. The summed E-state index contributed by atoms with van der Waals surface area (Å²) in [5, 5.41) is 4.68. The van der Waals surface area contributed by atoms with E-state index in [-0.39, 0.29) is 5.38 Å². The molecule has 0 amide bonds. The van der Waals surface area contributed by atoms with Crippen LogP contribution in [0.2, 0.25) is 5.02 Å². The maximum atomic E-state index is 6.42. The topological polar surface area (TPSA) is 12.0 Å². The first kappa shape index (κ1) is 14.2. The van der Waals surface area contributed by atoms with E-state index in [9.17, 15) is 0 Å². The van der Waals surface area contributed by atoms with Crippen LogP contribution in [0.1, 0.15) is 43.2 Å². The van der Waals surface area contributed by atoms with Crippen molar-refractivity contribution in [1.29, 1.82) is 0 Å². The van der Waals surface area contributed by atoms with Gasteiger partial charge in [-0.25, -0.2) is 0 Å².